The third-order valence-corrected chi connectivity index (χ3v) is 4.32. The molecule has 0 bridgehead atoms. The van der Waals surface area contributed by atoms with E-state index in [1.54, 1.807) is 0 Å². The first-order chi connectivity index (χ1) is 13.7. The van der Waals surface area contributed by atoms with Gasteiger partial charge in [-0.15, -0.1) is 0 Å². The minimum absolute atomic E-state index is 0.0281. The van der Waals surface area contributed by atoms with Gasteiger partial charge in [-0.2, -0.15) is 13.2 Å². The number of hydrogen-bond acceptors (Lipinski definition) is 6. The second-order valence-electron chi connectivity index (χ2n) is 6.31. The number of benzene rings is 1. The van der Waals surface area contributed by atoms with Crippen molar-refractivity contribution in [3.05, 3.63) is 63.4 Å². The average molecular weight is 411 g/mol. The van der Waals surface area contributed by atoms with Crippen molar-refractivity contribution in [2.75, 3.05) is 13.1 Å². The highest BCUT2D eigenvalue weighted by molar-refractivity contribution is 5.94. The van der Waals surface area contributed by atoms with Gasteiger partial charge in [0.1, 0.15) is 11.5 Å². The SMILES string of the molecule is O=C(c1ccc([N+](=O)[O-])o1)N1CCC(=NOCc2ccc(C(F)(F)F)cc2)CC1. The number of oxime groups is 1. The second-order valence-corrected chi connectivity index (χ2v) is 6.31. The summed E-state index contributed by atoms with van der Waals surface area (Å²) in [4.78, 5) is 28.9. The van der Waals surface area contributed by atoms with Crippen LogP contribution in [0.25, 0.3) is 0 Å². The van der Waals surface area contributed by atoms with Crippen LogP contribution in [0.3, 0.4) is 0 Å². The van der Waals surface area contributed by atoms with E-state index in [2.05, 4.69) is 5.16 Å². The lowest BCUT2D eigenvalue weighted by Crippen LogP contribution is -2.38. The zero-order valence-electron chi connectivity index (χ0n) is 15.0. The Balaban J connectivity index is 1.48. The molecule has 11 heteroatoms. The Morgan fingerprint density at radius 3 is 2.38 bits per heavy atom. The number of carbonyl (C=O) groups is 1. The van der Waals surface area contributed by atoms with Crippen molar-refractivity contribution in [1.29, 1.82) is 0 Å². The minimum atomic E-state index is -4.38. The summed E-state index contributed by atoms with van der Waals surface area (Å²) in [6.45, 7) is 0.714. The summed E-state index contributed by atoms with van der Waals surface area (Å²) in [5.41, 5.74) is 0.534. The topological polar surface area (TPSA) is 98.2 Å². The van der Waals surface area contributed by atoms with Gasteiger partial charge >= 0.3 is 12.1 Å². The molecule has 154 valence electrons. The minimum Gasteiger partial charge on any atom is -0.395 e. The number of piperidine rings is 1. The van der Waals surface area contributed by atoms with E-state index in [0.29, 0.717) is 37.2 Å². The van der Waals surface area contributed by atoms with Crippen molar-refractivity contribution in [3.63, 3.8) is 0 Å². The van der Waals surface area contributed by atoms with Crippen LogP contribution in [-0.4, -0.2) is 34.5 Å². The number of carbonyl (C=O) groups excluding carboxylic acids is 1. The van der Waals surface area contributed by atoms with Crippen LogP contribution in [0.15, 0.2) is 46.0 Å². The number of hydrogen-bond donors (Lipinski definition) is 0. The van der Waals surface area contributed by atoms with E-state index >= 15 is 0 Å². The Kier molecular flexibility index (Phi) is 5.85. The van der Waals surface area contributed by atoms with Gasteiger partial charge in [-0.05, 0) is 23.8 Å². The van der Waals surface area contributed by atoms with Gasteiger partial charge in [0.05, 0.1) is 17.3 Å². The molecule has 0 aliphatic carbocycles. The summed E-state index contributed by atoms with van der Waals surface area (Å²) in [6, 6.07) is 7.00. The molecule has 0 atom stereocenters. The number of likely N-dealkylation sites (tertiary alicyclic amines) is 1. The maximum absolute atomic E-state index is 12.5. The van der Waals surface area contributed by atoms with E-state index in [4.69, 9.17) is 9.25 Å². The van der Waals surface area contributed by atoms with Gasteiger partial charge in [0.25, 0.3) is 5.91 Å². The van der Waals surface area contributed by atoms with Crippen molar-refractivity contribution in [3.8, 4) is 0 Å². The molecule has 1 amide bonds. The van der Waals surface area contributed by atoms with Crippen LogP contribution in [0.2, 0.25) is 0 Å². The van der Waals surface area contributed by atoms with Gasteiger partial charge in [-0.25, -0.2) is 0 Å². The first kappa shape index (κ1) is 20.4. The molecule has 0 unspecified atom stereocenters. The lowest BCUT2D eigenvalue weighted by molar-refractivity contribution is -0.402. The van der Waals surface area contributed by atoms with Crippen LogP contribution in [-0.2, 0) is 17.6 Å². The fraction of sp³-hybridized carbons (Fsp3) is 0.333. The molecule has 2 aromatic rings. The highest BCUT2D eigenvalue weighted by atomic mass is 19.4. The molecule has 0 radical (unpaired) electrons. The molecule has 1 aromatic carbocycles. The summed E-state index contributed by atoms with van der Waals surface area (Å²) in [6.07, 6.45) is -3.49. The molecule has 2 heterocycles. The monoisotopic (exact) mass is 411 g/mol. The molecule has 1 aliphatic rings. The Labute approximate surface area is 162 Å². The summed E-state index contributed by atoms with van der Waals surface area (Å²) in [5, 5.41) is 14.6. The normalized spacial score (nSPS) is 14.6. The molecule has 0 spiro atoms. The zero-order chi connectivity index (χ0) is 21.0. The van der Waals surface area contributed by atoms with Crippen LogP contribution < -0.4 is 0 Å². The van der Waals surface area contributed by atoms with Crippen molar-refractivity contribution in [2.45, 2.75) is 25.6 Å². The lowest BCUT2D eigenvalue weighted by Gasteiger charge is -2.26. The molecule has 1 saturated heterocycles. The largest absolute Gasteiger partial charge is 0.433 e. The van der Waals surface area contributed by atoms with Crippen LogP contribution in [0.4, 0.5) is 19.1 Å². The number of amides is 1. The van der Waals surface area contributed by atoms with Gasteiger partial charge in [-0.1, -0.05) is 17.3 Å². The third-order valence-electron chi connectivity index (χ3n) is 4.32. The van der Waals surface area contributed by atoms with Gasteiger partial charge in [-0.3, -0.25) is 14.9 Å². The van der Waals surface area contributed by atoms with Gasteiger partial charge < -0.3 is 14.2 Å². The molecular weight excluding hydrogens is 395 g/mol. The maximum Gasteiger partial charge on any atom is 0.433 e. The van der Waals surface area contributed by atoms with Crippen molar-refractivity contribution in [2.24, 2.45) is 5.16 Å². The molecule has 1 aliphatic heterocycles. The van der Waals surface area contributed by atoms with Crippen LogP contribution in [0, 0.1) is 10.1 Å². The molecule has 3 rings (SSSR count). The Hall–Kier alpha value is -3.37. The molecule has 29 heavy (non-hydrogen) atoms. The molecule has 1 aromatic heterocycles. The second kappa shape index (κ2) is 8.33. The van der Waals surface area contributed by atoms with E-state index in [0.717, 1.165) is 18.2 Å². The van der Waals surface area contributed by atoms with Gasteiger partial charge in [0.15, 0.2) is 5.76 Å². The summed E-state index contributed by atoms with van der Waals surface area (Å²) in [5.74, 6) is -1.04. The first-order valence-corrected chi connectivity index (χ1v) is 8.61. The highest BCUT2D eigenvalue weighted by Gasteiger charge is 2.30. The summed E-state index contributed by atoms with van der Waals surface area (Å²) >= 11 is 0. The molecule has 0 N–H and O–H groups in total. The van der Waals surface area contributed by atoms with Crippen molar-refractivity contribution < 1.29 is 32.1 Å². The van der Waals surface area contributed by atoms with E-state index in [1.807, 2.05) is 0 Å². The Morgan fingerprint density at radius 1 is 1.17 bits per heavy atom. The van der Waals surface area contributed by atoms with E-state index in [-0.39, 0.29) is 12.4 Å². The van der Waals surface area contributed by atoms with Crippen LogP contribution >= 0.6 is 0 Å². The quantitative estimate of drug-likeness (QED) is 0.547. The maximum atomic E-state index is 12.5. The number of halogens is 3. The number of rotatable bonds is 5. The molecule has 0 saturated carbocycles. The summed E-state index contributed by atoms with van der Waals surface area (Å²) < 4.78 is 42.5. The van der Waals surface area contributed by atoms with Gasteiger partial charge in [0.2, 0.25) is 0 Å². The predicted molar refractivity (Wildman–Crippen MR) is 94.2 cm³/mol. The fourth-order valence-electron chi connectivity index (χ4n) is 2.74. The number of nitro groups is 1. The molecule has 8 nitrogen and oxygen atoms in total. The lowest BCUT2D eigenvalue weighted by atomic mass is 10.1. The van der Waals surface area contributed by atoms with Crippen molar-refractivity contribution >= 4 is 17.5 Å². The number of alkyl halides is 3. The zero-order valence-corrected chi connectivity index (χ0v) is 15.0. The molecular formula is C18H16F3N3O5. The van der Waals surface area contributed by atoms with Crippen molar-refractivity contribution in [1.82, 2.24) is 4.90 Å². The number of furan rings is 1. The van der Waals surface area contributed by atoms with E-state index < -0.39 is 28.5 Å². The third kappa shape index (κ3) is 5.12. The Bertz CT molecular complexity index is 912. The van der Waals surface area contributed by atoms with E-state index in [9.17, 15) is 28.1 Å². The fourth-order valence-corrected chi connectivity index (χ4v) is 2.74. The Morgan fingerprint density at radius 2 is 1.83 bits per heavy atom. The predicted octanol–water partition coefficient (Wildman–Crippen LogP) is 4.02. The summed E-state index contributed by atoms with van der Waals surface area (Å²) in [7, 11) is 0. The van der Waals surface area contributed by atoms with Gasteiger partial charge in [0, 0.05) is 25.9 Å². The smallest absolute Gasteiger partial charge is 0.395 e. The highest BCUT2D eigenvalue weighted by Crippen LogP contribution is 2.29. The molecule has 1 fully saturated rings. The number of nitrogens with zero attached hydrogens (tertiary/aromatic N) is 3. The standard InChI is InChI=1S/C18H16F3N3O5/c19-18(20,21)13-3-1-12(2-4-13)11-28-22-14-7-9-23(10-8-14)17(25)15-5-6-16(29-15)24(26)27/h1-6H,7-11H2. The van der Waals surface area contributed by atoms with Crippen LogP contribution in [0.5, 0.6) is 0 Å². The average Bonchev–Trinajstić information content (AvgIpc) is 3.18. The van der Waals surface area contributed by atoms with Crippen LogP contribution in [0.1, 0.15) is 34.5 Å². The first-order valence-electron chi connectivity index (χ1n) is 8.61. The van der Waals surface area contributed by atoms with E-state index in [1.165, 1.54) is 23.1 Å².